The van der Waals surface area contributed by atoms with Crippen LogP contribution in [0.3, 0.4) is 0 Å². The lowest BCUT2D eigenvalue weighted by atomic mass is 10.1. The molecule has 1 amide bonds. The van der Waals surface area contributed by atoms with Gasteiger partial charge in [-0.1, -0.05) is 24.3 Å². The molecule has 1 aromatic rings. The largest absolute Gasteiger partial charge is 0.444 e. The van der Waals surface area contributed by atoms with Gasteiger partial charge in [0, 0.05) is 0 Å². The maximum absolute atomic E-state index is 11.7. The fourth-order valence-corrected chi connectivity index (χ4v) is 2.16. The highest BCUT2D eigenvalue weighted by molar-refractivity contribution is 5.68. The molecule has 0 saturated carbocycles. The molecule has 0 saturated heterocycles. The summed E-state index contributed by atoms with van der Waals surface area (Å²) in [5, 5.41) is 2.93. The lowest BCUT2D eigenvalue weighted by Gasteiger charge is -2.22. The van der Waals surface area contributed by atoms with Crippen LogP contribution >= 0.6 is 0 Å². The van der Waals surface area contributed by atoms with Gasteiger partial charge >= 0.3 is 6.09 Å². The molecule has 1 N–H and O–H groups in total. The van der Waals surface area contributed by atoms with Gasteiger partial charge in [0.15, 0.2) is 0 Å². The summed E-state index contributed by atoms with van der Waals surface area (Å²) in [5.74, 6) is 0. The Morgan fingerprint density at radius 2 is 2.06 bits per heavy atom. The van der Waals surface area contributed by atoms with E-state index in [1.54, 1.807) is 0 Å². The van der Waals surface area contributed by atoms with Crippen LogP contribution < -0.4 is 5.32 Å². The van der Waals surface area contributed by atoms with Crippen molar-refractivity contribution in [2.24, 2.45) is 0 Å². The van der Waals surface area contributed by atoms with Crippen LogP contribution in [0, 0.1) is 0 Å². The van der Waals surface area contributed by atoms with Crippen LogP contribution in [0.2, 0.25) is 0 Å². The summed E-state index contributed by atoms with van der Waals surface area (Å²) in [6, 6.07) is 8.33. The zero-order valence-electron chi connectivity index (χ0n) is 10.6. The van der Waals surface area contributed by atoms with Gasteiger partial charge < -0.3 is 10.1 Å². The van der Waals surface area contributed by atoms with Crippen molar-refractivity contribution in [3.05, 3.63) is 35.4 Å². The summed E-state index contributed by atoms with van der Waals surface area (Å²) in [6.45, 7) is 5.61. The summed E-state index contributed by atoms with van der Waals surface area (Å²) < 4.78 is 5.26. The Bertz CT molecular complexity index is 420. The van der Waals surface area contributed by atoms with E-state index in [1.807, 2.05) is 32.9 Å². The lowest BCUT2D eigenvalue weighted by molar-refractivity contribution is 0.0504. The zero-order valence-corrected chi connectivity index (χ0v) is 10.6. The summed E-state index contributed by atoms with van der Waals surface area (Å²) in [6.07, 6.45) is 1.65. The number of nitrogens with one attached hydrogen (secondary N) is 1. The van der Waals surface area contributed by atoms with Crippen molar-refractivity contribution in [3.63, 3.8) is 0 Å². The van der Waals surface area contributed by atoms with E-state index in [1.165, 1.54) is 11.1 Å². The first-order valence-electron chi connectivity index (χ1n) is 6.03. The lowest BCUT2D eigenvalue weighted by Crippen LogP contribution is -2.34. The van der Waals surface area contributed by atoms with Crippen molar-refractivity contribution < 1.29 is 9.53 Å². The molecule has 1 atom stereocenters. The second-order valence-electron chi connectivity index (χ2n) is 5.44. The van der Waals surface area contributed by atoms with E-state index in [-0.39, 0.29) is 12.1 Å². The van der Waals surface area contributed by atoms with E-state index >= 15 is 0 Å². The molecule has 0 radical (unpaired) electrons. The molecule has 0 heterocycles. The van der Waals surface area contributed by atoms with Gasteiger partial charge in [-0.05, 0) is 44.7 Å². The number of hydrogen-bond acceptors (Lipinski definition) is 2. The van der Waals surface area contributed by atoms with E-state index in [0.29, 0.717) is 0 Å². The quantitative estimate of drug-likeness (QED) is 0.809. The molecule has 0 aromatic heterocycles. The van der Waals surface area contributed by atoms with Crippen molar-refractivity contribution in [1.82, 2.24) is 5.32 Å². The van der Waals surface area contributed by atoms with Crippen molar-refractivity contribution in [3.8, 4) is 0 Å². The zero-order chi connectivity index (χ0) is 12.5. The number of carbonyl (C=O) groups excluding carboxylic acids is 1. The average molecular weight is 233 g/mol. The van der Waals surface area contributed by atoms with Gasteiger partial charge in [-0.3, -0.25) is 0 Å². The topological polar surface area (TPSA) is 38.3 Å². The number of amides is 1. The molecule has 1 aromatic carbocycles. The number of ether oxygens (including phenoxy) is 1. The third-order valence-electron chi connectivity index (χ3n) is 2.82. The van der Waals surface area contributed by atoms with Crippen LogP contribution in [-0.2, 0) is 11.2 Å². The molecule has 17 heavy (non-hydrogen) atoms. The van der Waals surface area contributed by atoms with Gasteiger partial charge in [0.05, 0.1) is 6.04 Å². The van der Waals surface area contributed by atoms with Gasteiger partial charge in [-0.25, -0.2) is 4.79 Å². The summed E-state index contributed by atoms with van der Waals surface area (Å²) in [5.41, 5.74) is 2.11. The molecule has 0 fully saturated rings. The third-order valence-corrected chi connectivity index (χ3v) is 2.82. The Balaban J connectivity index is 2.00. The Kier molecular flexibility index (Phi) is 3.09. The van der Waals surface area contributed by atoms with Crippen molar-refractivity contribution in [1.29, 1.82) is 0 Å². The molecule has 0 unspecified atom stereocenters. The standard InChI is InChI=1S/C14H19NO2/c1-14(2,3)17-13(16)15-12-9-8-10-6-4-5-7-11(10)12/h4-7,12H,8-9H2,1-3H3,(H,15,16)/t12-/m1/s1. The highest BCUT2D eigenvalue weighted by Crippen LogP contribution is 2.30. The van der Waals surface area contributed by atoms with Gasteiger partial charge in [0.25, 0.3) is 0 Å². The predicted octanol–water partition coefficient (Wildman–Crippen LogP) is 3.20. The van der Waals surface area contributed by atoms with E-state index < -0.39 is 5.60 Å². The highest BCUT2D eigenvalue weighted by Gasteiger charge is 2.25. The van der Waals surface area contributed by atoms with Crippen molar-refractivity contribution in [2.75, 3.05) is 0 Å². The number of aryl methyl sites for hydroxylation is 1. The minimum Gasteiger partial charge on any atom is -0.444 e. The van der Waals surface area contributed by atoms with Crippen LogP contribution in [0.1, 0.15) is 44.4 Å². The first kappa shape index (κ1) is 12.0. The maximum atomic E-state index is 11.7. The molecule has 92 valence electrons. The third kappa shape index (κ3) is 2.99. The van der Waals surface area contributed by atoms with Crippen LogP contribution in [0.15, 0.2) is 24.3 Å². The smallest absolute Gasteiger partial charge is 0.408 e. The second-order valence-corrected chi connectivity index (χ2v) is 5.44. The van der Waals surface area contributed by atoms with E-state index in [9.17, 15) is 4.79 Å². The Labute approximate surface area is 102 Å². The second kappa shape index (κ2) is 4.40. The first-order chi connectivity index (χ1) is 7.96. The molecule has 3 nitrogen and oxygen atoms in total. The van der Waals surface area contributed by atoms with Crippen LogP contribution in [0.4, 0.5) is 4.79 Å². The molecule has 0 aliphatic heterocycles. The average Bonchev–Trinajstić information content (AvgIpc) is 2.59. The van der Waals surface area contributed by atoms with Crippen molar-refractivity contribution >= 4 is 6.09 Å². The number of carbonyl (C=O) groups is 1. The van der Waals surface area contributed by atoms with Gasteiger partial charge in [0.2, 0.25) is 0 Å². The molecule has 3 heteroatoms. The van der Waals surface area contributed by atoms with Crippen molar-refractivity contribution in [2.45, 2.75) is 45.3 Å². The Morgan fingerprint density at radius 3 is 2.76 bits per heavy atom. The summed E-state index contributed by atoms with van der Waals surface area (Å²) in [7, 11) is 0. The number of benzene rings is 1. The molecule has 2 rings (SSSR count). The van der Waals surface area contributed by atoms with Crippen LogP contribution in [-0.4, -0.2) is 11.7 Å². The van der Waals surface area contributed by atoms with Gasteiger partial charge in [-0.2, -0.15) is 0 Å². The fraction of sp³-hybridized carbons (Fsp3) is 0.500. The predicted molar refractivity (Wildman–Crippen MR) is 66.9 cm³/mol. The SMILES string of the molecule is CC(C)(C)OC(=O)N[C@@H]1CCc2ccccc21. The van der Waals surface area contributed by atoms with E-state index in [4.69, 9.17) is 4.74 Å². The Morgan fingerprint density at radius 1 is 1.35 bits per heavy atom. The molecular weight excluding hydrogens is 214 g/mol. The number of alkyl carbamates (subject to hydrolysis) is 1. The van der Waals surface area contributed by atoms with Crippen LogP contribution in [0.25, 0.3) is 0 Å². The minimum absolute atomic E-state index is 0.0982. The van der Waals surface area contributed by atoms with E-state index in [0.717, 1.165) is 12.8 Å². The first-order valence-corrected chi connectivity index (χ1v) is 6.03. The monoisotopic (exact) mass is 233 g/mol. The minimum atomic E-state index is -0.442. The van der Waals surface area contributed by atoms with Gasteiger partial charge in [0.1, 0.15) is 5.60 Å². The van der Waals surface area contributed by atoms with Gasteiger partial charge in [-0.15, -0.1) is 0 Å². The maximum Gasteiger partial charge on any atom is 0.408 e. The molecule has 1 aliphatic rings. The molecular formula is C14H19NO2. The van der Waals surface area contributed by atoms with E-state index in [2.05, 4.69) is 17.4 Å². The van der Waals surface area contributed by atoms with Crippen LogP contribution in [0.5, 0.6) is 0 Å². The number of fused-ring (bicyclic) bond motifs is 1. The normalized spacial score (nSPS) is 18.6. The summed E-state index contributed by atoms with van der Waals surface area (Å²) >= 11 is 0. The Hall–Kier alpha value is -1.51. The summed E-state index contributed by atoms with van der Waals surface area (Å²) in [4.78, 5) is 11.7. The highest BCUT2D eigenvalue weighted by atomic mass is 16.6. The molecule has 0 spiro atoms. The number of hydrogen-bond donors (Lipinski definition) is 1. The fourth-order valence-electron chi connectivity index (χ4n) is 2.16. The molecule has 1 aliphatic carbocycles. The molecule has 0 bridgehead atoms. The number of rotatable bonds is 1.